The number of nitrogens with zero attached hydrogens (tertiary/aromatic N) is 2. The summed E-state index contributed by atoms with van der Waals surface area (Å²) in [5, 5.41) is 11.4. The van der Waals surface area contributed by atoms with Crippen LogP contribution in [0.3, 0.4) is 0 Å². The largest absolute Gasteiger partial charge is 0.459 e. The van der Waals surface area contributed by atoms with Gasteiger partial charge in [-0.2, -0.15) is 0 Å². The van der Waals surface area contributed by atoms with Crippen LogP contribution in [0.4, 0.5) is 10.7 Å². The van der Waals surface area contributed by atoms with Gasteiger partial charge in [-0.3, -0.25) is 24.6 Å². The second-order valence-corrected chi connectivity index (χ2v) is 6.77. The van der Waals surface area contributed by atoms with E-state index in [1.54, 1.807) is 51.1 Å². The molecule has 142 valence electrons. The maximum atomic E-state index is 12.6. The third-order valence-corrected chi connectivity index (χ3v) is 4.68. The monoisotopic (exact) mass is 390 g/mol. The van der Waals surface area contributed by atoms with E-state index in [0.29, 0.717) is 5.56 Å². The van der Waals surface area contributed by atoms with Gasteiger partial charge in [-0.15, -0.1) is 11.3 Å². The molecule has 8 nitrogen and oxygen atoms in total. The molecule has 9 heteroatoms. The average molecular weight is 390 g/mol. The van der Waals surface area contributed by atoms with Crippen LogP contribution >= 0.6 is 11.3 Å². The van der Waals surface area contributed by atoms with E-state index in [0.717, 1.165) is 22.3 Å². The van der Waals surface area contributed by atoms with E-state index in [-0.39, 0.29) is 16.5 Å². The van der Waals surface area contributed by atoms with Crippen molar-refractivity contribution in [3.05, 3.63) is 57.0 Å². The predicted octanol–water partition coefficient (Wildman–Crippen LogP) is 3.19. The van der Waals surface area contributed by atoms with Gasteiger partial charge in [0.1, 0.15) is 0 Å². The fourth-order valence-corrected chi connectivity index (χ4v) is 3.59. The van der Waals surface area contributed by atoms with Crippen LogP contribution < -0.4 is 4.90 Å². The molecular weight excluding hydrogens is 372 g/mol. The van der Waals surface area contributed by atoms with Gasteiger partial charge in [0.15, 0.2) is 5.00 Å². The van der Waals surface area contributed by atoms with E-state index in [2.05, 4.69) is 0 Å². The van der Waals surface area contributed by atoms with Crippen LogP contribution in [0.5, 0.6) is 0 Å². The minimum absolute atomic E-state index is 0.000779. The SMILES string of the molecule is CCOC(=O)C(=O)N(c1sc(C(=O)c2ccccc2)cc1[N+](=O)[O-])C(C)C. The number of ketones is 1. The average Bonchev–Trinajstić information content (AvgIpc) is 3.07. The van der Waals surface area contributed by atoms with E-state index in [1.807, 2.05) is 0 Å². The Hall–Kier alpha value is -3.07. The number of carbonyl (C=O) groups excluding carboxylic acids is 3. The Labute approximate surface area is 159 Å². The lowest BCUT2D eigenvalue weighted by atomic mass is 10.1. The summed E-state index contributed by atoms with van der Waals surface area (Å²) in [5.74, 6) is -2.53. The van der Waals surface area contributed by atoms with Crippen molar-refractivity contribution in [2.75, 3.05) is 11.5 Å². The van der Waals surface area contributed by atoms with Crippen LogP contribution in [0.25, 0.3) is 0 Å². The summed E-state index contributed by atoms with van der Waals surface area (Å²) in [7, 11) is 0. The smallest absolute Gasteiger partial charge is 0.397 e. The third-order valence-electron chi connectivity index (χ3n) is 3.55. The molecule has 2 aromatic rings. The number of amides is 1. The number of ether oxygens (including phenoxy) is 1. The van der Waals surface area contributed by atoms with Gasteiger partial charge in [-0.1, -0.05) is 30.3 Å². The fourth-order valence-electron chi connectivity index (χ4n) is 2.37. The number of hydrogen-bond acceptors (Lipinski definition) is 7. The zero-order chi connectivity index (χ0) is 20.1. The maximum Gasteiger partial charge on any atom is 0.397 e. The summed E-state index contributed by atoms with van der Waals surface area (Å²) in [6.07, 6.45) is 0. The first kappa shape index (κ1) is 20.2. The Kier molecular flexibility index (Phi) is 6.40. The lowest BCUT2D eigenvalue weighted by Crippen LogP contribution is -2.42. The molecule has 0 atom stereocenters. The zero-order valence-electron chi connectivity index (χ0n) is 15.0. The van der Waals surface area contributed by atoms with Gasteiger partial charge in [0.25, 0.3) is 0 Å². The molecule has 0 radical (unpaired) electrons. The van der Waals surface area contributed by atoms with E-state index >= 15 is 0 Å². The van der Waals surface area contributed by atoms with E-state index in [4.69, 9.17) is 4.74 Å². The van der Waals surface area contributed by atoms with Gasteiger partial charge in [0, 0.05) is 17.7 Å². The zero-order valence-corrected chi connectivity index (χ0v) is 15.8. The second-order valence-electron chi connectivity index (χ2n) is 5.74. The van der Waals surface area contributed by atoms with Crippen molar-refractivity contribution >= 4 is 39.7 Å². The van der Waals surface area contributed by atoms with Crippen molar-refractivity contribution in [3.63, 3.8) is 0 Å². The highest BCUT2D eigenvalue weighted by molar-refractivity contribution is 7.19. The molecule has 0 bridgehead atoms. The highest BCUT2D eigenvalue weighted by Crippen LogP contribution is 2.39. The Bertz CT molecular complexity index is 875. The molecule has 0 spiro atoms. The van der Waals surface area contributed by atoms with Crippen molar-refractivity contribution < 1.29 is 24.0 Å². The summed E-state index contributed by atoms with van der Waals surface area (Å²) in [4.78, 5) is 48.8. The molecule has 1 aromatic heterocycles. The van der Waals surface area contributed by atoms with Crippen LogP contribution in [0.15, 0.2) is 36.4 Å². The number of hydrogen-bond donors (Lipinski definition) is 0. The molecule has 0 unspecified atom stereocenters. The first-order valence-corrected chi connectivity index (χ1v) is 8.97. The molecule has 0 aliphatic rings. The van der Waals surface area contributed by atoms with Gasteiger partial charge in [0.2, 0.25) is 5.78 Å². The van der Waals surface area contributed by atoms with Crippen molar-refractivity contribution in [1.29, 1.82) is 0 Å². The number of anilines is 1. The molecule has 0 aliphatic heterocycles. The molecule has 1 aromatic carbocycles. The van der Waals surface area contributed by atoms with Crippen molar-refractivity contribution in [3.8, 4) is 0 Å². The Morgan fingerprint density at radius 3 is 2.37 bits per heavy atom. The number of esters is 1. The highest BCUT2D eigenvalue weighted by atomic mass is 32.1. The summed E-state index contributed by atoms with van der Waals surface area (Å²) in [6.45, 7) is 4.77. The number of carbonyl (C=O) groups is 3. The van der Waals surface area contributed by atoms with Crippen molar-refractivity contribution in [2.24, 2.45) is 0 Å². The minimum Gasteiger partial charge on any atom is -0.459 e. The summed E-state index contributed by atoms with van der Waals surface area (Å²) >= 11 is 0.797. The molecule has 27 heavy (non-hydrogen) atoms. The summed E-state index contributed by atoms with van der Waals surface area (Å²) in [5.41, 5.74) is -0.0429. The lowest BCUT2D eigenvalue weighted by Gasteiger charge is -2.23. The molecule has 0 aliphatic carbocycles. The lowest BCUT2D eigenvalue weighted by molar-refractivity contribution is -0.383. The first-order chi connectivity index (χ1) is 12.8. The third kappa shape index (κ3) is 4.37. The molecule has 1 heterocycles. The molecule has 1 amide bonds. The Balaban J connectivity index is 2.52. The van der Waals surface area contributed by atoms with E-state index in [1.165, 1.54) is 0 Å². The van der Waals surface area contributed by atoms with Crippen LogP contribution in [0.1, 0.15) is 36.0 Å². The molecule has 0 saturated heterocycles. The van der Waals surface area contributed by atoms with Crippen molar-refractivity contribution in [1.82, 2.24) is 0 Å². The number of rotatable bonds is 6. The second kappa shape index (κ2) is 8.54. The number of nitro groups is 1. The van der Waals surface area contributed by atoms with E-state index in [9.17, 15) is 24.5 Å². The van der Waals surface area contributed by atoms with Gasteiger partial charge >= 0.3 is 17.6 Å². The minimum atomic E-state index is -1.11. The fraction of sp³-hybridized carbons (Fsp3) is 0.278. The van der Waals surface area contributed by atoms with E-state index < -0.39 is 34.3 Å². The highest BCUT2D eigenvalue weighted by Gasteiger charge is 2.35. The maximum absolute atomic E-state index is 12.6. The molecule has 0 N–H and O–H groups in total. The number of benzene rings is 1. The van der Waals surface area contributed by atoms with Crippen LogP contribution in [-0.2, 0) is 14.3 Å². The quantitative estimate of drug-likeness (QED) is 0.246. The topological polar surface area (TPSA) is 107 Å². The van der Waals surface area contributed by atoms with Crippen LogP contribution in [0, 0.1) is 10.1 Å². The van der Waals surface area contributed by atoms with Crippen LogP contribution in [0.2, 0.25) is 0 Å². The standard InChI is InChI=1S/C18H18N2O6S/c1-4-26-18(23)16(22)19(11(2)3)17-13(20(24)25)10-14(27-17)15(21)12-8-6-5-7-9-12/h5-11H,4H2,1-3H3. The molecule has 0 fully saturated rings. The Morgan fingerprint density at radius 2 is 1.85 bits per heavy atom. The molecule has 2 rings (SSSR count). The summed E-state index contributed by atoms with van der Waals surface area (Å²) < 4.78 is 4.72. The molecular formula is C18H18N2O6S. The van der Waals surface area contributed by atoms with Crippen molar-refractivity contribution in [2.45, 2.75) is 26.8 Å². The van der Waals surface area contributed by atoms with Gasteiger partial charge in [-0.25, -0.2) is 4.79 Å². The van der Waals surface area contributed by atoms with Gasteiger partial charge in [0.05, 0.1) is 16.4 Å². The normalized spacial score (nSPS) is 10.5. The van der Waals surface area contributed by atoms with Gasteiger partial charge < -0.3 is 4.74 Å². The summed E-state index contributed by atoms with van der Waals surface area (Å²) in [6, 6.07) is 8.87. The van der Waals surface area contributed by atoms with Crippen LogP contribution in [-0.4, -0.2) is 35.2 Å². The number of thiophene rings is 1. The molecule has 0 saturated carbocycles. The first-order valence-electron chi connectivity index (χ1n) is 8.16. The van der Waals surface area contributed by atoms with Gasteiger partial charge in [-0.05, 0) is 20.8 Å². The predicted molar refractivity (Wildman–Crippen MR) is 100 cm³/mol. The Morgan fingerprint density at radius 1 is 1.22 bits per heavy atom.